The summed E-state index contributed by atoms with van der Waals surface area (Å²) in [7, 11) is 1.55. The molecule has 0 aliphatic rings. The molecule has 0 unspecified atom stereocenters. The molecular weight excluding hydrogens is 490 g/mol. The molecule has 37 heavy (non-hydrogen) atoms. The SMILES string of the molecule is CCCOc1ccc(-c2ccc(C(=O)NC)c(Cl)c2)cc1C(=O)N[C@H](CO)Cc1c[nH]c2ccccc12. The first kappa shape index (κ1) is 26.3. The molecule has 0 radical (unpaired) electrons. The van der Waals surface area contributed by atoms with Crippen LogP contribution in [0.25, 0.3) is 22.0 Å². The van der Waals surface area contributed by atoms with Gasteiger partial charge >= 0.3 is 0 Å². The number of hydrogen-bond acceptors (Lipinski definition) is 4. The number of ether oxygens (including phenoxy) is 1. The Morgan fingerprint density at radius 1 is 1.03 bits per heavy atom. The number of H-pyrrole nitrogens is 1. The highest BCUT2D eigenvalue weighted by atomic mass is 35.5. The Labute approximate surface area is 220 Å². The van der Waals surface area contributed by atoms with Crippen LogP contribution < -0.4 is 15.4 Å². The van der Waals surface area contributed by atoms with Crippen LogP contribution in [0.3, 0.4) is 0 Å². The van der Waals surface area contributed by atoms with Crippen LogP contribution in [0.15, 0.2) is 66.9 Å². The zero-order chi connectivity index (χ0) is 26.4. The highest BCUT2D eigenvalue weighted by Gasteiger charge is 2.20. The van der Waals surface area contributed by atoms with E-state index in [4.69, 9.17) is 16.3 Å². The van der Waals surface area contributed by atoms with E-state index in [0.717, 1.165) is 34.0 Å². The van der Waals surface area contributed by atoms with E-state index in [1.807, 2.05) is 43.5 Å². The normalized spacial score (nSPS) is 11.8. The van der Waals surface area contributed by atoms with Crippen LogP contribution in [-0.4, -0.2) is 48.2 Å². The first-order valence-electron chi connectivity index (χ1n) is 12.2. The highest BCUT2D eigenvalue weighted by molar-refractivity contribution is 6.34. The van der Waals surface area contributed by atoms with Crippen molar-refractivity contribution >= 4 is 34.3 Å². The average molecular weight is 520 g/mol. The minimum absolute atomic E-state index is 0.216. The summed E-state index contributed by atoms with van der Waals surface area (Å²) < 4.78 is 5.86. The Morgan fingerprint density at radius 2 is 1.78 bits per heavy atom. The van der Waals surface area contributed by atoms with Crippen LogP contribution in [0, 0.1) is 0 Å². The summed E-state index contributed by atoms with van der Waals surface area (Å²) in [6, 6.07) is 17.9. The van der Waals surface area contributed by atoms with E-state index in [1.165, 1.54) is 0 Å². The Bertz CT molecular complexity index is 1420. The number of amides is 2. The van der Waals surface area contributed by atoms with Gasteiger partial charge in [-0.2, -0.15) is 0 Å². The fourth-order valence-electron chi connectivity index (χ4n) is 4.23. The number of para-hydroxylation sites is 1. The van der Waals surface area contributed by atoms with Crippen LogP contribution in [0.5, 0.6) is 5.75 Å². The van der Waals surface area contributed by atoms with E-state index in [0.29, 0.717) is 34.9 Å². The number of carbonyl (C=O) groups is 2. The molecule has 2 amide bonds. The molecule has 0 fully saturated rings. The van der Waals surface area contributed by atoms with Gasteiger partial charge in [0, 0.05) is 24.1 Å². The third-order valence-corrected chi connectivity index (χ3v) is 6.47. The Morgan fingerprint density at radius 3 is 2.51 bits per heavy atom. The molecule has 0 saturated carbocycles. The van der Waals surface area contributed by atoms with Crippen molar-refractivity contribution in [2.45, 2.75) is 25.8 Å². The summed E-state index contributed by atoms with van der Waals surface area (Å²) in [4.78, 5) is 28.7. The van der Waals surface area contributed by atoms with E-state index in [-0.39, 0.29) is 18.4 Å². The van der Waals surface area contributed by atoms with Gasteiger partial charge in [0.2, 0.25) is 0 Å². The van der Waals surface area contributed by atoms with Crippen molar-refractivity contribution in [2.24, 2.45) is 0 Å². The Balaban J connectivity index is 1.61. The number of nitrogens with one attached hydrogen (secondary N) is 3. The fraction of sp³-hybridized carbons (Fsp3) is 0.241. The lowest BCUT2D eigenvalue weighted by Gasteiger charge is -2.18. The molecule has 8 heteroatoms. The monoisotopic (exact) mass is 519 g/mol. The molecule has 0 spiro atoms. The number of carbonyl (C=O) groups excluding carboxylic acids is 2. The third kappa shape index (κ3) is 5.96. The van der Waals surface area contributed by atoms with Crippen LogP contribution in [0.2, 0.25) is 5.02 Å². The quantitative estimate of drug-likeness (QED) is 0.237. The van der Waals surface area contributed by atoms with Crippen molar-refractivity contribution in [3.05, 3.63) is 88.6 Å². The lowest BCUT2D eigenvalue weighted by Crippen LogP contribution is -2.39. The van der Waals surface area contributed by atoms with Gasteiger partial charge in [0.1, 0.15) is 5.75 Å². The summed E-state index contributed by atoms with van der Waals surface area (Å²) >= 11 is 6.36. The maximum absolute atomic E-state index is 13.4. The number of rotatable bonds is 10. The predicted octanol–water partition coefficient (Wildman–Crippen LogP) is 4.97. The molecule has 4 N–H and O–H groups in total. The largest absolute Gasteiger partial charge is 0.493 e. The van der Waals surface area contributed by atoms with E-state index in [9.17, 15) is 14.7 Å². The molecular formula is C29H30ClN3O4. The highest BCUT2D eigenvalue weighted by Crippen LogP contribution is 2.30. The van der Waals surface area contributed by atoms with E-state index >= 15 is 0 Å². The lowest BCUT2D eigenvalue weighted by molar-refractivity contribution is 0.0911. The number of fused-ring (bicyclic) bond motifs is 1. The first-order valence-corrected chi connectivity index (χ1v) is 12.6. The van der Waals surface area contributed by atoms with Crippen LogP contribution >= 0.6 is 11.6 Å². The van der Waals surface area contributed by atoms with Gasteiger partial charge in [-0.3, -0.25) is 9.59 Å². The zero-order valence-corrected chi connectivity index (χ0v) is 21.6. The van der Waals surface area contributed by atoms with Crippen LogP contribution in [0.1, 0.15) is 39.6 Å². The number of aliphatic hydroxyl groups is 1. The molecule has 1 aromatic heterocycles. The fourth-order valence-corrected chi connectivity index (χ4v) is 4.50. The number of aromatic nitrogens is 1. The summed E-state index contributed by atoms with van der Waals surface area (Å²) in [5.74, 6) is -0.162. The maximum atomic E-state index is 13.4. The minimum Gasteiger partial charge on any atom is -0.493 e. The molecule has 0 saturated heterocycles. The number of benzene rings is 3. The number of hydrogen-bond donors (Lipinski definition) is 4. The van der Waals surface area contributed by atoms with Gasteiger partial charge in [0.25, 0.3) is 11.8 Å². The molecule has 7 nitrogen and oxygen atoms in total. The molecule has 0 aliphatic carbocycles. The van der Waals surface area contributed by atoms with Crippen molar-refractivity contribution in [3.63, 3.8) is 0 Å². The van der Waals surface area contributed by atoms with Crippen LogP contribution in [-0.2, 0) is 6.42 Å². The molecule has 4 rings (SSSR count). The Kier molecular flexibility index (Phi) is 8.48. The van der Waals surface area contributed by atoms with Crippen molar-refractivity contribution in [1.82, 2.24) is 15.6 Å². The number of aliphatic hydroxyl groups excluding tert-OH is 1. The molecule has 1 atom stereocenters. The smallest absolute Gasteiger partial charge is 0.255 e. The third-order valence-electron chi connectivity index (χ3n) is 6.16. The second-order valence-corrected chi connectivity index (χ2v) is 9.16. The molecule has 0 aliphatic heterocycles. The molecule has 4 aromatic rings. The second kappa shape index (κ2) is 12.0. The van der Waals surface area contributed by atoms with Gasteiger partial charge in [-0.1, -0.05) is 48.9 Å². The molecule has 3 aromatic carbocycles. The Hall–Kier alpha value is -3.81. The maximum Gasteiger partial charge on any atom is 0.255 e. The standard InChI is InChI=1S/C29H30ClN3O4/c1-3-12-37-27-11-9-18(19-8-10-23(25(30)15-19)28(35)31-2)14-24(27)29(36)33-21(17-34)13-20-16-32-26-7-5-4-6-22(20)26/h4-11,14-16,21,32,34H,3,12-13,17H2,1-2H3,(H,31,35)(H,33,36)/t21-/m0/s1. The molecule has 192 valence electrons. The summed E-state index contributed by atoms with van der Waals surface area (Å²) in [6.45, 7) is 2.24. The van der Waals surface area contributed by atoms with Gasteiger partial charge in [-0.05, 0) is 59.9 Å². The summed E-state index contributed by atoms with van der Waals surface area (Å²) in [5.41, 5.74) is 4.25. The van der Waals surface area contributed by atoms with Crippen molar-refractivity contribution in [1.29, 1.82) is 0 Å². The summed E-state index contributed by atoms with van der Waals surface area (Å²) in [6.07, 6.45) is 3.16. The topological polar surface area (TPSA) is 103 Å². The zero-order valence-electron chi connectivity index (χ0n) is 20.8. The van der Waals surface area contributed by atoms with Gasteiger partial charge in [-0.25, -0.2) is 0 Å². The van der Waals surface area contributed by atoms with E-state index in [2.05, 4.69) is 15.6 Å². The lowest BCUT2D eigenvalue weighted by atomic mass is 10.00. The number of halogens is 1. The van der Waals surface area contributed by atoms with Gasteiger partial charge in [0.15, 0.2) is 0 Å². The summed E-state index contributed by atoms with van der Waals surface area (Å²) in [5, 5.41) is 17.0. The van der Waals surface area contributed by atoms with Crippen molar-refractivity contribution in [2.75, 3.05) is 20.3 Å². The van der Waals surface area contributed by atoms with Crippen LogP contribution in [0.4, 0.5) is 0 Å². The van der Waals surface area contributed by atoms with Crippen molar-refractivity contribution < 1.29 is 19.4 Å². The van der Waals surface area contributed by atoms with Gasteiger partial charge in [0.05, 0.1) is 35.4 Å². The minimum atomic E-state index is -0.490. The van der Waals surface area contributed by atoms with Gasteiger partial charge in [-0.15, -0.1) is 0 Å². The van der Waals surface area contributed by atoms with E-state index in [1.54, 1.807) is 37.4 Å². The predicted molar refractivity (Wildman–Crippen MR) is 146 cm³/mol. The molecule has 1 heterocycles. The molecule has 0 bridgehead atoms. The van der Waals surface area contributed by atoms with Gasteiger partial charge < -0.3 is 25.5 Å². The van der Waals surface area contributed by atoms with E-state index < -0.39 is 6.04 Å². The number of aromatic amines is 1. The second-order valence-electron chi connectivity index (χ2n) is 8.75. The first-order chi connectivity index (χ1) is 17.9. The average Bonchev–Trinajstić information content (AvgIpc) is 3.33. The van der Waals surface area contributed by atoms with Crippen molar-refractivity contribution in [3.8, 4) is 16.9 Å².